The first kappa shape index (κ1) is 10.5. The van der Waals surface area contributed by atoms with Crippen molar-refractivity contribution >= 4 is 23.0 Å². The number of para-hydroxylation sites is 1. The molecule has 0 aliphatic rings. The molecule has 2 heterocycles. The Bertz CT molecular complexity index is 726. The SMILES string of the molecule is O=CC(=O)c1c(-c2ncc[nH]2)[nH]c2ccccc12. The van der Waals surface area contributed by atoms with Gasteiger partial charge in [0.15, 0.2) is 12.1 Å². The number of imidazole rings is 1. The number of aromatic amines is 2. The number of hydrogen-bond donors (Lipinski definition) is 2. The molecule has 0 spiro atoms. The van der Waals surface area contributed by atoms with Crippen molar-refractivity contribution in [1.29, 1.82) is 0 Å². The molecule has 2 N–H and O–H groups in total. The van der Waals surface area contributed by atoms with Gasteiger partial charge < -0.3 is 9.97 Å². The van der Waals surface area contributed by atoms with Gasteiger partial charge in [0, 0.05) is 23.3 Å². The molecule has 2 aromatic heterocycles. The van der Waals surface area contributed by atoms with Crippen LogP contribution in [0, 0.1) is 0 Å². The fourth-order valence-corrected chi connectivity index (χ4v) is 2.04. The zero-order valence-electron chi connectivity index (χ0n) is 9.31. The lowest BCUT2D eigenvalue weighted by atomic mass is 10.1. The number of ketones is 1. The van der Waals surface area contributed by atoms with Crippen LogP contribution in [-0.4, -0.2) is 27.0 Å². The minimum Gasteiger partial charge on any atom is -0.351 e. The number of carbonyl (C=O) groups excluding carboxylic acids is 2. The molecule has 0 saturated heterocycles. The molecule has 0 unspecified atom stereocenters. The van der Waals surface area contributed by atoms with Crippen LogP contribution >= 0.6 is 0 Å². The van der Waals surface area contributed by atoms with Crippen LogP contribution in [0.5, 0.6) is 0 Å². The van der Waals surface area contributed by atoms with Gasteiger partial charge in [-0.3, -0.25) is 9.59 Å². The highest BCUT2D eigenvalue weighted by molar-refractivity contribution is 6.38. The summed E-state index contributed by atoms with van der Waals surface area (Å²) in [5, 5.41) is 0.723. The number of rotatable bonds is 3. The second kappa shape index (κ2) is 3.96. The number of aldehydes is 1. The standard InChI is InChI=1S/C13H9N3O2/c17-7-10(18)11-8-3-1-2-4-9(8)16-12(11)13-14-5-6-15-13/h1-7,16H,(H,14,15). The maximum atomic E-state index is 11.8. The third-order valence-electron chi connectivity index (χ3n) is 2.79. The second-order valence-electron chi connectivity index (χ2n) is 3.84. The quantitative estimate of drug-likeness (QED) is 0.416. The molecular formula is C13H9N3O2. The zero-order valence-corrected chi connectivity index (χ0v) is 9.31. The number of hydrogen-bond acceptors (Lipinski definition) is 3. The molecule has 0 fully saturated rings. The number of nitrogens with zero attached hydrogens (tertiary/aromatic N) is 1. The normalized spacial score (nSPS) is 10.7. The summed E-state index contributed by atoms with van der Waals surface area (Å²) in [6.45, 7) is 0. The molecule has 1 aromatic carbocycles. The van der Waals surface area contributed by atoms with Gasteiger partial charge >= 0.3 is 0 Å². The van der Waals surface area contributed by atoms with Crippen molar-refractivity contribution in [1.82, 2.24) is 15.0 Å². The summed E-state index contributed by atoms with van der Waals surface area (Å²) in [4.78, 5) is 32.7. The fraction of sp³-hybridized carbons (Fsp3) is 0. The Morgan fingerprint density at radius 2 is 2.11 bits per heavy atom. The van der Waals surface area contributed by atoms with Crippen molar-refractivity contribution < 1.29 is 9.59 Å². The number of carbonyl (C=O) groups is 2. The molecule has 5 heteroatoms. The van der Waals surface area contributed by atoms with Gasteiger partial charge in [0.2, 0.25) is 5.78 Å². The lowest BCUT2D eigenvalue weighted by Crippen LogP contribution is -2.01. The van der Waals surface area contributed by atoms with Crippen LogP contribution in [0.15, 0.2) is 36.7 Å². The van der Waals surface area contributed by atoms with E-state index < -0.39 is 5.78 Å². The molecule has 0 aliphatic heterocycles. The monoisotopic (exact) mass is 239 g/mol. The molecule has 0 saturated carbocycles. The van der Waals surface area contributed by atoms with Crippen LogP contribution in [0.25, 0.3) is 22.4 Å². The van der Waals surface area contributed by atoms with Crippen LogP contribution in [-0.2, 0) is 4.79 Å². The van der Waals surface area contributed by atoms with E-state index in [4.69, 9.17) is 0 Å². The van der Waals surface area contributed by atoms with Crippen molar-refractivity contribution in [3.8, 4) is 11.5 Å². The van der Waals surface area contributed by atoms with Gasteiger partial charge in [-0.05, 0) is 6.07 Å². The lowest BCUT2D eigenvalue weighted by Gasteiger charge is -1.96. The van der Waals surface area contributed by atoms with E-state index in [0.29, 0.717) is 23.4 Å². The minimum atomic E-state index is -0.557. The van der Waals surface area contributed by atoms with E-state index in [1.54, 1.807) is 18.5 Å². The van der Waals surface area contributed by atoms with Crippen molar-refractivity contribution in [3.63, 3.8) is 0 Å². The predicted octanol–water partition coefficient (Wildman–Crippen LogP) is 1.94. The molecule has 0 atom stereocenters. The van der Waals surface area contributed by atoms with E-state index in [0.717, 1.165) is 10.9 Å². The molecular weight excluding hydrogens is 230 g/mol. The third-order valence-corrected chi connectivity index (χ3v) is 2.79. The van der Waals surface area contributed by atoms with E-state index in [2.05, 4.69) is 15.0 Å². The highest BCUT2D eigenvalue weighted by Gasteiger charge is 2.19. The molecule has 88 valence electrons. The van der Waals surface area contributed by atoms with Gasteiger partial charge in [0.05, 0.1) is 11.3 Å². The Balaban J connectivity index is 2.37. The smallest absolute Gasteiger partial charge is 0.228 e. The largest absolute Gasteiger partial charge is 0.351 e. The summed E-state index contributed by atoms with van der Waals surface area (Å²) in [5.74, 6) is -0.0183. The van der Waals surface area contributed by atoms with Crippen LogP contribution in [0.3, 0.4) is 0 Å². The molecule has 5 nitrogen and oxygen atoms in total. The predicted molar refractivity (Wildman–Crippen MR) is 66.3 cm³/mol. The van der Waals surface area contributed by atoms with Crippen LogP contribution in [0.2, 0.25) is 0 Å². The van der Waals surface area contributed by atoms with E-state index in [9.17, 15) is 9.59 Å². The Hall–Kier alpha value is -2.69. The molecule has 18 heavy (non-hydrogen) atoms. The van der Waals surface area contributed by atoms with Gasteiger partial charge in [0.25, 0.3) is 0 Å². The zero-order chi connectivity index (χ0) is 12.5. The Labute approximate surface area is 102 Å². The van der Waals surface area contributed by atoms with Gasteiger partial charge in [-0.1, -0.05) is 18.2 Å². The number of fused-ring (bicyclic) bond motifs is 1. The molecule has 3 rings (SSSR count). The van der Waals surface area contributed by atoms with Crippen molar-refractivity contribution in [2.24, 2.45) is 0 Å². The average molecular weight is 239 g/mol. The molecule has 0 bridgehead atoms. The summed E-state index contributed by atoms with van der Waals surface area (Å²) in [6, 6.07) is 7.34. The first-order valence-corrected chi connectivity index (χ1v) is 5.41. The maximum absolute atomic E-state index is 11.8. The number of aromatic nitrogens is 3. The molecule has 0 radical (unpaired) electrons. The topological polar surface area (TPSA) is 78.6 Å². The summed E-state index contributed by atoms with van der Waals surface area (Å²) in [6.07, 6.45) is 3.58. The Morgan fingerprint density at radius 3 is 2.83 bits per heavy atom. The van der Waals surface area contributed by atoms with Gasteiger partial charge in [-0.15, -0.1) is 0 Å². The van der Waals surface area contributed by atoms with E-state index in [-0.39, 0.29) is 0 Å². The Morgan fingerprint density at radius 1 is 1.28 bits per heavy atom. The Kier molecular flexibility index (Phi) is 2.30. The number of H-pyrrole nitrogens is 2. The molecule has 3 aromatic rings. The van der Waals surface area contributed by atoms with Gasteiger partial charge in [-0.25, -0.2) is 4.98 Å². The van der Waals surface area contributed by atoms with Gasteiger partial charge in [0.1, 0.15) is 0 Å². The highest BCUT2D eigenvalue weighted by Crippen LogP contribution is 2.28. The first-order chi connectivity index (χ1) is 8.81. The number of Topliss-reactive ketones (excluding diaryl/α,β-unsaturated/α-hetero) is 1. The van der Waals surface area contributed by atoms with Gasteiger partial charge in [-0.2, -0.15) is 0 Å². The van der Waals surface area contributed by atoms with Crippen molar-refractivity contribution in [2.75, 3.05) is 0 Å². The van der Waals surface area contributed by atoms with E-state index >= 15 is 0 Å². The highest BCUT2D eigenvalue weighted by atomic mass is 16.2. The third kappa shape index (κ3) is 1.45. The first-order valence-electron chi connectivity index (χ1n) is 5.41. The molecule has 0 aliphatic carbocycles. The summed E-state index contributed by atoms with van der Waals surface area (Å²) < 4.78 is 0. The lowest BCUT2D eigenvalue weighted by molar-refractivity contribution is -0.104. The number of benzene rings is 1. The fourth-order valence-electron chi connectivity index (χ4n) is 2.04. The van der Waals surface area contributed by atoms with Crippen LogP contribution in [0.1, 0.15) is 10.4 Å². The number of nitrogens with one attached hydrogen (secondary N) is 2. The molecule has 0 amide bonds. The van der Waals surface area contributed by atoms with Crippen molar-refractivity contribution in [2.45, 2.75) is 0 Å². The summed E-state index contributed by atoms with van der Waals surface area (Å²) in [5.41, 5.74) is 1.70. The summed E-state index contributed by atoms with van der Waals surface area (Å²) >= 11 is 0. The average Bonchev–Trinajstić information content (AvgIpc) is 3.04. The van der Waals surface area contributed by atoms with Crippen molar-refractivity contribution in [3.05, 3.63) is 42.2 Å². The van der Waals surface area contributed by atoms with Crippen LogP contribution < -0.4 is 0 Å². The van der Waals surface area contributed by atoms with E-state index in [1.165, 1.54) is 0 Å². The summed E-state index contributed by atoms with van der Waals surface area (Å²) in [7, 11) is 0. The van der Waals surface area contributed by atoms with E-state index in [1.807, 2.05) is 18.2 Å². The minimum absolute atomic E-state index is 0.321. The maximum Gasteiger partial charge on any atom is 0.228 e. The van der Waals surface area contributed by atoms with Crippen LogP contribution in [0.4, 0.5) is 0 Å². The second-order valence-corrected chi connectivity index (χ2v) is 3.84.